The number of hydrogen-bond acceptors (Lipinski definition) is 2. The Morgan fingerprint density at radius 1 is 1.33 bits per heavy atom. The summed E-state index contributed by atoms with van der Waals surface area (Å²) in [7, 11) is 1.74. The molecule has 0 amide bonds. The van der Waals surface area contributed by atoms with Crippen LogP contribution in [0.4, 0.5) is 0 Å². The van der Waals surface area contributed by atoms with Crippen LogP contribution in [0.1, 0.15) is 18.1 Å². The molecule has 1 rings (SSSR count). The molecule has 0 bridgehead atoms. The van der Waals surface area contributed by atoms with E-state index in [0.717, 1.165) is 19.5 Å². The van der Waals surface area contributed by atoms with E-state index in [4.69, 9.17) is 4.74 Å². The van der Waals surface area contributed by atoms with Gasteiger partial charge in [-0.2, -0.15) is 0 Å². The molecule has 0 aliphatic heterocycles. The third kappa shape index (κ3) is 4.45. The predicted molar refractivity (Wildman–Crippen MR) is 64.2 cm³/mol. The summed E-state index contributed by atoms with van der Waals surface area (Å²) in [6, 6.07) is 8.53. The molecule has 0 spiro atoms. The molecule has 0 saturated heterocycles. The van der Waals surface area contributed by atoms with E-state index in [1.807, 2.05) is 0 Å². The average Bonchev–Trinajstić information content (AvgIpc) is 2.26. The third-order valence-corrected chi connectivity index (χ3v) is 2.67. The van der Waals surface area contributed by atoms with Crippen molar-refractivity contribution in [3.63, 3.8) is 0 Å². The van der Waals surface area contributed by atoms with E-state index in [0.29, 0.717) is 6.10 Å². The third-order valence-electron chi connectivity index (χ3n) is 2.67. The fraction of sp³-hybridized carbons (Fsp3) is 0.538. The van der Waals surface area contributed by atoms with Crippen LogP contribution in [0.15, 0.2) is 24.3 Å². The van der Waals surface area contributed by atoms with E-state index in [9.17, 15) is 0 Å². The molecule has 1 unspecified atom stereocenters. The molecular formula is C13H21NO. The Bertz CT molecular complexity index is 286. The minimum absolute atomic E-state index is 0.293. The first-order valence-corrected chi connectivity index (χ1v) is 5.52. The van der Waals surface area contributed by atoms with Gasteiger partial charge in [0.15, 0.2) is 0 Å². The van der Waals surface area contributed by atoms with Crippen LogP contribution in [0.5, 0.6) is 0 Å². The smallest absolute Gasteiger partial charge is 0.0667 e. The van der Waals surface area contributed by atoms with E-state index in [-0.39, 0.29) is 0 Å². The molecule has 1 N–H and O–H groups in total. The van der Waals surface area contributed by atoms with Gasteiger partial charge < -0.3 is 10.1 Å². The van der Waals surface area contributed by atoms with Crippen LogP contribution < -0.4 is 5.32 Å². The van der Waals surface area contributed by atoms with E-state index in [1.54, 1.807) is 7.11 Å². The van der Waals surface area contributed by atoms with Gasteiger partial charge in [-0.15, -0.1) is 0 Å². The summed E-state index contributed by atoms with van der Waals surface area (Å²) in [4.78, 5) is 0. The Morgan fingerprint density at radius 2 is 2.07 bits per heavy atom. The van der Waals surface area contributed by atoms with Crippen molar-refractivity contribution in [2.45, 2.75) is 26.4 Å². The molecule has 0 radical (unpaired) electrons. The summed E-state index contributed by atoms with van der Waals surface area (Å²) in [6.07, 6.45) is 1.38. The van der Waals surface area contributed by atoms with Crippen LogP contribution in [-0.2, 0) is 11.2 Å². The van der Waals surface area contributed by atoms with E-state index in [1.165, 1.54) is 11.1 Å². The minimum Gasteiger partial charge on any atom is -0.380 e. The lowest BCUT2D eigenvalue weighted by Crippen LogP contribution is -2.27. The largest absolute Gasteiger partial charge is 0.380 e. The van der Waals surface area contributed by atoms with Gasteiger partial charge in [0, 0.05) is 13.7 Å². The van der Waals surface area contributed by atoms with Crippen LogP contribution in [-0.4, -0.2) is 26.3 Å². The number of aryl methyl sites for hydroxylation is 1. The highest BCUT2D eigenvalue weighted by Crippen LogP contribution is 2.06. The summed E-state index contributed by atoms with van der Waals surface area (Å²) >= 11 is 0. The fourth-order valence-corrected chi connectivity index (χ4v) is 1.50. The van der Waals surface area contributed by atoms with Crippen molar-refractivity contribution < 1.29 is 4.74 Å². The highest BCUT2D eigenvalue weighted by atomic mass is 16.5. The maximum atomic E-state index is 5.16. The van der Waals surface area contributed by atoms with Crippen molar-refractivity contribution >= 4 is 0 Å². The molecule has 0 heterocycles. The molecular weight excluding hydrogens is 186 g/mol. The Balaban J connectivity index is 2.23. The van der Waals surface area contributed by atoms with Gasteiger partial charge in [-0.25, -0.2) is 0 Å². The second kappa shape index (κ2) is 6.59. The normalized spacial score (nSPS) is 12.7. The van der Waals surface area contributed by atoms with Crippen LogP contribution >= 0.6 is 0 Å². The summed E-state index contributed by atoms with van der Waals surface area (Å²) in [5.74, 6) is 0. The van der Waals surface area contributed by atoms with Crippen molar-refractivity contribution in [3.05, 3.63) is 35.4 Å². The Labute approximate surface area is 92.6 Å². The van der Waals surface area contributed by atoms with E-state index in [2.05, 4.69) is 43.4 Å². The summed E-state index contributed by atoms with van der Waals surface area (Å²) < 4.78 is 5.16. The average molecular weight is 207 g/mol. The Morgan fingerprint density at radius 3 is 2.73 bits per heavy atom. The van der Waals surface area contributed by atoms with Gasteiger partial charge in [0.05, 0.1) is 6.10 Å². The summed E-state index contributed by atoms with van der Waals surface area (Å²) in [5.41, 5.74) is 2.80. The first-order chi connectivity index (χ1) is 7.24. The van der Waals surface area contributed by atoms with Gasteiger partial charge in [0.25, 0.3) is 0 Å². The van der Waals surface area contributed by atoms with Crippen molar-refractivity contribution in [3.8, 4) is 0 Å². The highest BCUT2D eigenvalue weighted by Gasteiger charge is 1.99. The van der Waals surface area contributed by atoms with Gasteiger partial charge >= 0.3 is 0 Å². The zero-order chi connectivity index (χ0) is 11.1. The summed E-state index contributed by atoms with van der Waals surface area (Å²) in [5, 5.41) is 3.39. The van der Waals surface area contributed by atoms with Gasteiger partial charge in [-0.3, -0.25) is 0 Å². The number of ether oxygens (including phenoxy) is 1. The Hall–Kier alpha value is -0.860. The standard InChI is InChI=1S/C13H21NO/c1-11-6-4-5-7-13(11)8-9-14-10-12(2)15-3/h4-7,12,14H,8-10H2,1-3H3. The van der Waals surface area contributed by atoms with Gasteiger partial charge in [0.1, 0.15) is 0 Å². The van der Waals surface area contributed by atoms with Crippen LogP contribution in [0.3, 0.4) is 0 Å². The predicted octanol–water partition coefficient (Wildman–Crippen LogP) is 2.16. The summed E-state index contributed by atoms with van der Waals surface area (Å²) in [6.45, 7) is 6.16. The van der Waals surface area contributed by atoms with Gasteiger partial charge in [-0.1, -0.05) is 24.3 Å². The molecule has 2 heteroatoms. The quantitative estimate of drug-likeness (QED) is 0.722. The first-order valence-electron chi connectivity index (χ1n) is 5.52. The first kappa shape index (κ1) is 12.2. The zero-order valence-electron chi connectivity index (χ0n) is 9.92. The SMILES string of the molecule is COC(C)CNCCc1ccccc1C. The second-order valence-corrected chi connectivity index (χ2v) is 3.93. The van der Waals surface area contributed by atoms with E-state index >= 15 is 0 Å². The highest BCUT2D eigenvalue weighted by molar-refractivity contribution is 5.25. The van der Waals surface area contributed by atoms with Crippen LogP contribution in [0, 0.1) is 6.92 Å². The maximum Gasteiger partial charge on any atom is 0.0667 e. The lowest BCUT2D eigenvalue weighted by Gasteiger charge is -2.11. The monoisotopic (exact) mass is 207 g/mol. The fourth-order valence-electron chi connectivity index (χ4n) is 1.50. The van der Waals surface area contributed by atoms with Gasteiger partial charge in [0.2, 0.25) is 0 Å². The number of hydrogen-bond donors (Lipinski definition) is 1. The molecule has 84 valence electrons. The van der Waals surface area contributed by atoms with Crippen molar-refractivity contribution in [1.82, 2.24) is 5.32 Å². The van der Waals surface area contributed by atoms with Gasteiger partial charge in [-0.05, 0) is 37.9 Å². The van der Waals surface area contributed by atoms with Crippen LogP contribution in [0.2, 0.25) is 0 Å². The number of nitrogens with one attached hydrogen (secondary N) is 1. The molecule has 0 fully saturated rings. The number of rotatable bonds is 6. The molecule has 1 aromatic rings. The zero-order valence-corrected chi connectivity index (χ0v) is 9.92. The molecule has 0 aliphatic rings. The number of benzene rings is 1. The topological polar surface area (TPSA) is 21.3 Å². The molecule has 1 atom stereocenters. The molecule has 1 aromatic carbocycles. The Kier molecular flexibility index (Phi) is 5.37. The minimum atomic E-state index is 0.293. The lowest BCUT2D eigenvalue weighted by atomic mass is 10.1. The van der Waals surface area contributed by atoms with Crippen molar-refractivity contribution in [2.24, 2.45) is 0 Å². The molecule has 15 heavy (non-hydrogen) atoms. The second-order valence-electron chi connectivity index (χ2n) is 3.93. The molecule has 0 saturated carbocycles. The molecule has 0 aromatic heterocycles. The lowest BCUT2D eigenvalue weighted by molar-refractivity contribution is 0.117. The van der Waals surface area contributed by atoms with Crippen molar-refractivity contribution in [2.75, 3.05) is 20.2 Å². The maximum absolute atomic E-state index is 5.16. The van der Waals surface area contributed by atoms with E-state index < -0.39 is 0 Å². The number of methoxy groups -OCH3 is 1. The molecule has 2 nitrogen and oxygen atoms in total. The van der Waals surface area contributed by atoms with Crippen LogP contribution in [0.25, 0.3) is 0 Å². The molecule has 0 aliphatic carbocycles. The van der Waals surface area contributed by atoms with Crippen molar-refractivity contribution in [1.29, 1.82) is 0 Å².